The Morgan fingerprint density at radius 2 is 1.51 bits per heavy atom. The highest BCUT2D eigenvalue weighted by molar-refractivity contribution is 6.01. The number of benzene rings is 3. The molecule has 3 aromatic carbocycles. The lowest BCUT2D eigenvalue weighted by atomic mass is 9.78. The largest absolute Gasteiger partial charge is 0.383 e. The molecule has 2 amide bonds. The van der Waals surface area contributed by atoms with Gasteiger partial charge in [0.15, 0.2) is 0 Å². The fourth-order valence-corrected chi connectivity index (χ4v) is 5.36. The number of carbonyl (C=O) groups is 2. The predicted octanol–water partition coefficient (Wildman–Crippen LogP) is 4.24. The van der Waals surface area contributed by atoms with Crippen molar-refractivity contribution in [1.82, 2.24) is 9.80 Å². The molecule has 6 nitrogen and oxygen atoms in total. The quantitative estimate of drug-likeness (QED) is 0.503. The first kappa shape index (κ1) is 24.9. The summed E-state index contributed by atoms with van der Waals surface area (Å²) in [6.07, 6.45) is 0. The second-order valence-electron chi connectivity index (χ2n) is 9.34. The van der Waals surface area contributed by atoms with Gasteiger partial charge in [-0.05, 0) is 53.6 Å². The van der Waals surface area contributed by atoms with Crippen molar-refractivity contribution in [1.29, 1.82) is 0 Å². The van der Waals surface area contributed by atoms with Crippen LogP contribution in [-0.4, -0.2) is 68.1 Å². The molecule has 1 fully saturated rings. The second-order valence-corrected chi connectivity index (χ2v) is 9.34. The molecular formula is C29H29F2N3O3. The Morgan fingerprint density at radius 1 is 0.892 bits per heavy atom. The van der Waals surface area contributed by atoms with Crippen molar-refractivity contribution in [3.8, 4) is 0 Å². The molecule has 0 aliphatic carbocycles. The van der Waals surface area contributed by atoms with Crippen molar-refractivity contribution >= 4 is 17.5 Å². The van der Waals surface area contributed by atoms with Crippen LogP contribution < -0.4 is 4.90 Å². The number of fused-ring (bicyclic) bond motifs is 1. The molecule has 2 aliphatic heterocycles. The Bertz CT molecular complexity index is 1260. The summed E-state index contributed by atoms with van der Waals surface area (Å²) in [5, 5.41) is 0. The zero-order valence-electron chi connectivity index (χ0n) is 20.6. The highest BCUT2D eigenvalue weighted by atomic mass is 19.1. The minimum atomic E-state index is -0.645. The number of halogens is 2. The van der Waals surface area contributed by atoms with E-state index in [1.165, 1.54) is 24.3 Å². The summed E-state index contributed by atoms with van der Waals surface area (Å²) in [5.74, 6) is -1.56. The van der Waals surface area contributed by atoms with Gasteiger partial charge < -0.3 is 19.4 Å². The third-order valence-electron chi connectivity index (χ3n) is 7.24. The molecule has 192 valence electrons. The summed E-state index contributed by atoms with van der Waals surface area (Å²) in [5.41, 5.74) is 2.79. The first-order valence-electron chi connectivity index (χ1n) is 12.4. The number of anilines is 1. The van der Waals surface area contributed by atoms with Crippen molar-refractivity contribution in [3.63, 3.8) is 0 Å². The molecule has 0 N–H and O–H groups in total. The van der Waals surface area contributed by atoms with Crippen LogP contribution in [0.5, 0.6) is 0 Å². The van der Waals surface area contributed by atoms with Gasteiger partial charge >= 0.3 is 0 Å². The van der Waals surface area contributed by atoms with E-state index in [-0.39, 0.29) is 23.4 Å². The minimum absolute atomic E-state index is 0.0737. The van der Waals surface area contributed by atoms with Gasteiger partial charge in [-0.1, -0.05) is 30.3 Å². The van der Waals surface area contributed by atoms with E-state index in [9.17, 15) is 18.4 Å². The van der Waals surface area contributed by atoms with E-state index in [0.717, 1.165) is 5.69 Å². The average Bonchev–Trinajstić information content (AvgIpc) is 2.93. The number of rotatable bonds is 6. The molecule has 8 heteroatoms. The van der Waals surface area contributed by atoms with Gasteiger partial charge in [0.1, 0.15) is 11.6 Å². The summed E-state index contributed by atoms with van der Waals surface area (Å²) < 4.78 is 32.4. The highest BCUT2D eigenvalue weighted by Gasteiger charge is 2.45. The number of ether oxygens (including phenoxy) is 1. The Morgan fingerprint density at radius 3 is 2.16 bits per heavy atom. The van der Waals surface area contributed by atoms with Crippen LogP contribution in [0.2, 0.25) is 0 Å². The van der Waals surface area contributed by atoms with Gasteiger partial charge in [0.05, 0.1) is 18.6 Å². The Hall–Kier alpha value is -3.78. The van der Waals surface area contributed by atoms with E-state index in [2.05, 4.69) is 4.90 Å². The zero-order chi connectivity index (χ0) is 25.9. The standard InChI is InChI=1S/C29H29F2N3O3/c1-37-19-18-34-27(20-6-8-21(30)9-7-20)26(24-4-2-3-5-25(24)28(34)35)29(36)33-16-14-32(15-17-33)23-12-10-22(31)11-13-23/h2-13,26-27H,14-19H2,1H3/t26-,27-/m1/s1. The van der Waals surface area contributed by atoms with Gasteiger partial charge in [-0.15, -0.1) is 0 Å². The molecule has 2 aliphatic rings. The summed E-state index contributed by atoms with van der Waals surface area (Å²) in [6, 6.07) is 19.0. The van der Waals surface area contributed by atoms with E-state index in [4.69, 9.17) is 4.74 Å². The van der Waals surface area contributed by atoms with E-state index in [0.29, 0.717) is 56.0 Å². The molecule has 0 spiro atoms. The SMILES string of the molecule is COCCN1C(=O)c2ccccc2[C@@H](C(=O)N2CCN(c3ccc(F)cc3)CC2)[C@H]1c1ccc(F)cc1. The molecular weight excluding hydrogens is 476 g/mol. The first-order valence-corrected chi connectivity index (χ1v) is 12.4. The molecule has 0 aromatic heterocycles. The molecule has 0 saturated carbocycles. The highest BCUT2D eigenvalue weighted by Crippen LogP contribution is 2.43. The van der Waals surface area contributed by atoms with Crippen LogP contribution >= 0.6 is 0 Å². The number of nitrogens with zero attached hydrogens (tertiary/aromatic N) is 3. The van der Waals surface area contributed by atoms with Crippen LogP contribution in [0.15, 0.2) is 72.8 Å². The summed E-state index contributed by atoms with van der Waals surface area (Å²) in [4.78, 5) is 33.4. The van der Waals surface area contributed by atoms with Crippen LogP contribution in [-0.2, 0) is 9.53 Å². The number of methoxy groups -OCH3 is 1. The van der Waals surface area contributed by atoms with Crippen molar-refractivity contribution in [2.45, 2.75) is 12.0 Å². The number of amides is 2. The van der Waals surface area contributed by atoms with Crippen molar-refractivity contribution in [2.75, 3.05) is 51.3 Å². The van der Waals surface area contributed by atoms with Crippen LogP contribution in [0.1, 0.15) is 33.4 Å². The smallest absolute Gasteiger partial charge is 0.254 e. The van der Waals surface area contributed by atoms with E-state index < -0.39 is 12.0 Å². The van der Waals surface area contributed by atoms with Crippen molar-refractivity contribution in [3.05, 3.63) is 101 Å². The number of hydrogen-bond acceptors (Lipinski definition) is 4. The lowest BCUT2D eigenvalue weighted by Crippen LogP contribution is -2.53. The monoisotopic (exact) mass is 505 g/mol. The fourth-order valence-electron chi connectivity index (χ4n) is 5.36. The van der Waals surface area contributed by atoms with Gasteiger partial charge in [-0.25, -0.2) is 8.78 Å². The first-order chi connectivity index (χ1) is 18.0. The predicted molar refractivity (Wildman–Crippen MR) is 136 cm³/mol. The molecule has 5 rings (SSSR count). The lowest BCUT2D eigenvalue weighted by molar-refractivity contribution is -0.135. The number of hydrogen-bond donors (Lipinski definition) is 0. The van der Waals surface area contributed by atoms with Gasteiger partial charge in [-0.2, -0.15) is 0 Å². The summed E-state index contributed by atoms with van der Waals surface area (Å²) >= 11 is 0. The van der Waals surface area contributed by atoms with Crippen molar-refractivity contribution in [2.24, 2.45) is 0 Å². The molecule has 0 unspecified atom stereocenters. The maximum Gasteiger partial charge on any atom is 0.254 e. The van der Waals surface area contributed by atoms with E-state index in [1.54, 1.807) is 48.4 Å². The molecule has 2 atom stereocenters. The lowest BCUT2D eigenvalue weighted by Gasteiger charge is -2.44. The summed E-state index contributed by atoms with van der Waals surface area (Å²) in [7, 11) is 1.57. The molecule has 2 heterocycles. The zero-order valence-corrected chi connectivity index (χ0v) is 20.6. The fraction of sp³-hybridized carbons (Fsp3) is 0.310. The maximum absolute atomic E-state index is 14.2. The van der Waals surface area contributed by atoms with Crippen LogP contribution in [0.3, 0.4) is 0 Å². The number of piperazine rings is 1. The van der Waals surface area contributed by atoms with Gasteiger partial charge in [0, 0.05) is 51.1 Å². The van der Waals surface area contributed by atoms with Gasteiger partial charge in [-0.3, -0.25) is 9.59 Å². The van der Waals surface area contributed by atoms with E-state index >= 15 is 0 Å². The van der Waals surface area contributed by atoms with Gasteiger partial charge in [0.25, 0.3) is 5.91 Å². The molecule has 37 heavy (non-hydrogen) atoms. The van der Waals surface area contributed by atoms with E-state index in [1.807, 2.05) is 17.0 Å². The third-order valence-corrected chi connectivity index (χ3v) is 7.24. The normalized spacial score (nSPS) is 19.6. The maximum atomic E-state index is 14.2. The minimum Gasteiger partial charge on any atom is -0.383 e. The van der Waals surface area contributed by atoms with Crippen LogP contribution in [0.4, 0.5) is 14.5 Å². The Balaban J connectivity index is 1.48. The molecule has 0 bridgehead atoms. The van der Waals surface area contributed by atoms with Crippen molar-refractivity contribution < 1.29 is 23.1 Å². The molecule has 0 radical (unpaired) electrons. The van der Waals surface area contributed by atoms with Crippen LogP contribution in [0.25, 0.3) is 0 Å². The average molecular weight is 506 g/mol. The number of carbonyl (C=O) groups excluding carboxylic acids is 2. The molecule has 3 aromatic rings. The molecule has 1 saturated heterocycles. The Kier molecular flexibility index (Phi) is 7.19. The van der Waals surface area contributed by atoms with Gasteiger partial charge in [0.2, 0.25) is 5.91 Å². The third kappa shape index (κ3) is 4.93. The Labute approximate surface area is 215 Å². The second kappa shape index (κ2) is 10.7. The topological polar surface area (TPSA) is 53.1 Å². The van der Waals surface area contributed by atoms with Crippen LogP contribution in [0, 0.1) is 11.6 Å². The summed E-state index contributed by atoms with van der Waals surface area (Å²) in [6.45, 7) is 2.82.